The van der Waals surface area contributed by atoms with Gasteiger partial charge in [-0.1, -0.05) is 78.1 Å². The first kappa shape index (κ1) is 40.2. The van der Waals surface area contributed by atoms with Gasteiger partial charge in [-0.25, -0.2) is 0 Å². The van der Waals surface area contributed by atoms with Gasteiger partial charge in [0.15, 0.2) is 0 Å². The maximum atomic E-state index is 14.1. The summed E-state index contributed by atoms with van der Waals surface area (Å²) in [7, 11) is 1.56. The fourth-order valence-corrected chi connectivity index (χ4v) is 7.44. The SMILES string of the molecule is CCC[C@H]1C(=O)N[C@@H](C2CCCCCC2)C(=O)N[C@@H](CN)C(=O)N[C@@H]([C@H](C)O)C(=O)NCC(=O)O[C@H](CC2CCCCC2)[C@@H](C)C(=O)N1C. The first-order valence-corrected chi connectivity index (χ1v) is 18.4. The molecule has 278 valence electrons. The zero-order valence-electron chi connectivity index (χ0n) is 29.8. The topological polar surface area (TPSA) is 209 Å². The van der Waals surface area contributed by atoms with E-state index in [1.54, 1.807) is 14.0 Å². The third kappa shape index (κ3) is 11.7. The number of nitrogens with two attached hydrogens (primary N) is 1. The third-order valence-electron chi connectivity index (χ3n) is 10.5. The molecule has 0 aromatic carbocycles. The summed E-state index contributed by atoms with van der Waals surface area (Å²) in [6.45, 7) is 4.03. The van der Waals surface area contributed by atoms with Crippen LogP contribution in [0.4, 0.5) is 0 Å². The zero-order valence-corrected chi connectivity index (χ0v) is 29.8. The molecule has 49 heavy (non-hydrogen) atoms. The van der Waals surface area contributed by atoms with E-state index >= 15 is 0 Å². The van der Waals surface area contributed by atoms with E-state index in [1.807, 2.05) is 6.92 Å². The van der Waals surface area contributed by atoms with Crippen LogP contribution in [0.1, 0.15) is 111 Å². The number of hydrogen-bond donors (Lipinski definition) is 6. The molecule has 2 aliphatic carbocycles. The molecule has 0 radical (unpaired) electrons. The minimum absolute atomic E-state index is 0.209. The molecule has 14 heteroatoms. The Bertz CT molecular complexity index is 1140. The highest BCUT2D eigenvalue weighted by atomic mass is 16.5. The monoisotopic (exact) mass is 692 g/mol. The predicted octanol–water partition coefficient (Wildman–Crippen LogP) is 1.03. The highest BCUT2D eigenvalue weighted by Gasteiger charge is 2.39. The molecular formula is C35H60N6O8. The number of esters is 1. The van der Waals surface area contributed by atoms with Crippen LogP contribution in [0.15, 0.2) is 0 Å². The summed E-state index contributed by atoms with van der Waals surface area (Å²) in [5.74, 6) is -4.61. The van der Waals surface area contributed by atoms with Gasteiger partial charge in [0.1, 0.15) is 36.8 Å². The molecule has 7 N–H and O–H groups in total. The predicted molar refractivity (Wildman–Crippen MR) is 182 cm³/mol. The molecule has 3 fully saturated rings. The Balaban J connectivity index is 2.01. The van der Waals surface area contributed by atoms with E-state index in [-0.39, 0.29) is 24.3 Å². The van der Waals surface area contributed by atoms with Gasteiger partial charge in [0.05, 0.1) is 12.0 Å². The second-order valence-electron chi connectivity index (χ2n) is 14.3. The number of hydrogen-bond acceptors (Lipinski definition) is 9. The molecule has 0 bridgehead atoms. The molecule has 0 unspecified atom stereocenters. The summed E-state index contributed by atoms with van der Waals surface area (Å²) in [6, 6.07) is -4.64. The molecule has 0 aromatic rings. The zero-order chi connectivity index (χ0) is 36.1. The Labute approximate surface area is 290 Å². The summed E-state index contributed by atoms with van der Waals surface area (Å²) in [4.78, 5) is 83.0. The first-order chi connectivity index (χ1) is 23.4. The molecule has 2 saturated carbocycles. The number of rotatable bonds is 7. The number of aliphatic hydroxyl groups excluding tert-OH is 1. The van der Waals surface area contributed by atoms with Gasteiger partial charge in [-0.15, -0.1) is 0 Å². The summed E-state index contributed by atoms with van der Waals surface area (Å²) in [5.41, 5.74) is 5.90. The van der Waals surface area contributed by atoms with E-state index < -0.39 is 78.4 Å². The largest absolute Gasteiger partial charge is 0.460 e. The van der Waals surface area contributed by atoms with Crippen LogP contribution in [0.25, 0.3) is 0 Å². The van der Waals surface area contributed by atoms with Crippen LogP contribution in [0.5, 0.6) is 0 Å². The molecular weight excluding hydrogens is 632 g/mol. The number of likely N-dealkylation sites (N-methyl/N-ethyl adjacent to an activating group) is 1. The van der Waals surface area contributed by atoms with Gasteiger partial charge in [-0.05, 0) is 44.4 Å². The van der Waals surface area contributed by atoms with Crippen molar-refractivity contribution in [1.82, 2.24) is 26.2 Å². The number of cyclic esters (lactones) is 1. The normalized spacial score (nSPS) is 30.8. The van der Waals surface area contributed by atoms with Gasteiger partial charge in [0.2, 0.25) is 29.5 Å². The van der Waals surface area contributed by atoms with Crippen molar-refractivity contribution in [2.45, 2.75) is 147 Å². The lowest BCUT2D eigenvalue weighted by Crippen LogP contribution is -2.62. The molecule has 1 aliphatic heterocycles. The minimum Gasteiger partial charge on any atom is -0.460 e. The van der Waals surface area contributed by atoms with E-state index in [9.17, 15) is 33.9 Å². The van der Waals surface area contributed by atoms with Crippen LogP contribution >= 0.6 is 0 Å². The van der Waals surface area contributed by atoms with E-state index in [0.29, 0.717) is 32.1 Å². The number of nitrogens with zero attached hydrogens (tertiary/aromatic N) is 1. The van der Waals surface area contributed by atoms with Gasteiger partial charge in [-0.2, -0.15) is 0 Å². The number of aliphatic hydroxyl groups is 1. The van der Waals surface area contributed by atoms with Crippen LogP contribution in [-0.4, -0.2) is 102 Å². The van der Waals surface area contributed by atoms with Crippen molar-refractivity contribution in [1.29, 1.82) is 0 Å². The lowest BCUT2D eigenvalue weighted by atomic mass is 9.82. The molecule has 5 amide bonds. The van der Waals surface area contributed by atoms with Crippen LogP contribution in [0, 0.1) is 17.8 Å². The highest BCUT2D eigenvalue weighted by Crippen LogP contribution is 2.31. The van der Waals surface area contributed by atoms with E-state index in [1.165, 1.54) is 11.8 Å². The summed E-state index contributed by atoms with van der Waals surface area (Å²) >= 11 is 0. The fourth-order valence-electron chi connectivity index (χ4n) is 7.44. The molecule has 3 rings (SSSR count). The van der Waals surface area contributed by atoms with Gasteiger partial charge in [0, 0.05) is 13.6 Å². The number of ether oxygens (including phenoxy) is 1. The average molecular weight is 693 g/mol. The summed E-state index contributed by atoms with van der Waals surface area (Å²) in [6.07, 6.45) is 9.53. The Morgan fingerprint density at radius 1 is 0.857 bits per heavy atom. The van der Waals surface area contributed by atoms with Crippen LogP contribution in [0.2, 0.25) is 0 Å². The third-order valence-corrected chi connectivity index (χ3v) is 10.5. The maximum Gasteiger partial charge on any atom is 0.325 e. The van der Waals surface area contributed by atoms with Crippen LogP contribution in [-0.2, 0) is 33.5 Å². The van der Waals surface area contributed by atoms with E-state index in [4.69, 9.17) is 10.5 Å². The fraction of sp³-hybridized carbons (Fsp3) is 0.829. The average Bonchev–Trinajstić information content (AvgIpc) is 3.37. The maximum absolute atomic E-state index is 14.1. The molecule has 3 aliphatic rings. The van der Waals surface area contributed by atoms with Crippen molar-refractivity contribution in [2.24, 2.45) is 23.5 Å². The quantitative estimate of drug-likeness (QED) is 0.166. The number of amides is 5. The Kier molecular flexibility index (Phi) is 16.2. The molecule has 1 saturated heterocycles. The Morgan fingerprint density at radius 2 is 1.47 bits per heavy atom. The van der Waals surface area contributed by atoms with Gasteiger partial charge in [0.25, 0.3) is 0 Å². The van der Waals surface area contributed by atoms with Crippen molar-refractivity contribution in [3.8, 4) is 0 Å². The second-order valence-corrected chi connectivity index (χ2v) is 14.3. The molecule has 1 heterocycles. The van der Waals surface area contributed by atoms with Crippen molar-refractivity contribution >= 4 is 35.5 Å². The minimum atomic E-state index is -1.47. The van der Waals surface area contributed by atoms with Crippen molar-refractivity contribution < 1.29 is 38.6 Å². The number of carbonyl (C=O) groups is 6. The smallest absolute Gasteiger partial charge is 0.325 e. The summed E-state index contributed by atoms with van der Waals surface area (Å²) in [5, 5.41) is 20.9. The van der Waals surface area contributed by atoms with Gasteiger partial charge >= 0.3 is 5.97 Å². The lowest BCUT2D eigenvalue weighted by molar-refractivity contribution is -0.158. The van der Waals surface area contributed by atoms with Crippen molar-refractivity contribution in [3.63, 3.8) is 0 Å². The lowest BCUT2D eigenvalue weighted by Gasteiger charge is -2.35. The molecule has 14 nitrogen and oxygen atoms in total. The first-order valence-electron chi connectivity index (χ1n) is 18.4. The van der Waals surface area contributed by atoms with Crippen LogP contribution in [0.3, 0.4) is 0 Å². The number of carbonyl (C=O) groups excluding carboxylic acids is 6. The van der Waals surface area contributed by atoms with Crippen molar-refractivity contribution in [2.75, 3.05) is 20.1 Å². The van der Waals surface area contributed by atoms with Gasteiger partial charge in [-0.3, -0.25) is 28.8 Å². The van der Waals surface area contributed by atoms with E-state index in [0.717, 1.165) is 57.8 Å². The summed E-state index contributed by atoms with van der Waals surface area (Å²) < 4.78 is 5.87. The van der Waals surface area contributed by atoms with E-state index in [2.05, 4.69) is 21.3 Å². The van der Waals surface area contributed by atoms with Crippen LogP contribution < -0.4 is 27.0 Å². The standard InChI is InChI=1S/C35H60N6O8/c1-5-13-26-32(45)40-30(24-16-11-6-7-12-17-24)34(47)38-25(19-36)31(44)39-29(22(3)42)33(46)37-20-28(43)49-27(21(2)35(48)41(26)4)18-23-14-9-8-10-15-23/h21-27,29-30,42H,5-20,36H2,1-4H3,(H,37,46)(H,38,47)(H,39,44)(H,40,45)/t21-,22+,25+,26+,27-,29+,30+/m1/s1. The highest BCUT2D eigenvalue weighted by molar-refractivity contribution is 5.96. The second kappa shape index (κ2) is 19.8. The molecule has 7 atom stereocenters. The Hall–Kier alpha value is -3.26. The van der Waals surface area contributed by atoms with Crippen molar-refractivity contribution in [3.05, 3.63) is 0 Å². The molecule has 0 aromatic heterocycles. The molecule has 0 spiro atoms. The van der Waals surface area contributed by atoms with Gasteiger partial charge < -0.3 is 41.7 Å². The Morgan fingerprint density at radius 3 is 2.06 bits per heavy atom. The number of nitrogens with one attached hydrogen (secondary N) is 4.